The van der Waals surface area contributed by atoms with Crippen LogP contribution in [0.15, 0.2) is 48.5 Å². The van der Waals surface area contributed by atoms with Gasteiger partial charge in [0.15, 0.2) is 0 Å². The van der Waals surface area contributed by atoms with E-state index in [4.69, 9.17) is 9.84 Å². The summed E-state index contributed by atoms with van der Waals surface area (Å²) in [6.45, 7) is 7.76. The first-order chi connectivity index (χ1) is 16.2. The zero-order chi connectivity index (χ0) is 24.8. The van der Waals surface area contributed by atoms with E-state index in [1.807, 2.05) is 52.0 Å². The zero-order valence-corrected chi connectivity index (χ0v) is 20.2. The Labute approximate surface area is 200 Å². The molecule has 2 unspecified atom stereocenters. The number of amides is 2. The highest BCUT2D eigenvalue weighted by molar-refractivity contribution is 5.80. The van der Waals surface area contributed by atoms with E-state index in [-0.39, 0.29) is 43.1 Å². The van der Waals surface area contributed by atoms with E-state index in [0.29, 0.717) is 0 Å². The molecule has 1 aliphatic rings. The number of nitrogens with one attached hydrogen (secondary N) is 2. The van der Waals surface area contributed by atoms with Gasteiger partial charge >= 0.3 is 12.1 Å². The Morgan fingerprint density at radius 3 is 1.82 bits per heavy atom. The van der Waals surface area contributed by atoms with Crippen LogP contribution in [0.1, 0.15) is 57.6 Å². The summed E-state index contributed by atoms with van der Waals surface area (Å²) >= 11 is 0. The first-order valence-corrected chi connectivity index (χ1v) is 11.8. The standard InChI is InChI=1S/C27H34N2O5/c1-16(2)23(13-25(30)28-24(17(3)4)14-26(31)32)29-27(33)34-15-22-20-11-7-5-9-18(20)19-10-6-8-12-21(19)22/h5-12,16-17,22-24H,13-15H2,1-4H3,(H,28,30)(H,29,33)(H,31,32). The summed E-state index contributed by atoms with van der Waals surface area (Å²) in [5.74, 6) is -1.33. The molecule has 0 radical (unpaired) electrons. The minimum atomic E-state index is -0.962. The molecule has 2 aromatic rings. The van der Waals surface area contributed by atoms with Crippen molar-refractivity contribution in [2.45, 2.75) is 58.5 Å². The monoisotopic (exact) mass is 466 g/mol. The maximum Gasteiger partial charge on any atom is 0.407 e. The molecule has 2 amide bonds. The number of aliphatic carboxylic acids is 1. The summed E-state index contributed by atoms with van der Waals surface area (Å²) in [6, 6.07) is 15.4. The molecule has 2 atom stereocenters. The number of ether oxygens (including phenoxy) is 1. The molecular formula is C27H34N2O5. The Hall–Kier alpha value is -3.35. The molecule has 0 saturated heterocycles. The van der Waals surface area contributed by atoms with Crippen LogP contribution in [0, 0.1) is 11.8 Å². The van der Waals surface area contributed by atoms with Crippen LogP contribution >= 0.6 is 0 Å². The number of carbonyl (C=O) groups excluding carboxylic acids is 2. The topological polar surface area (TPSA) is 105 Å². The van der Waals surface area contributed by atoms with Crippen LogP contribution in [0.25, 0.3) is 11.1 Å². The van der Waals surface area contributed by atoms with Crippen molar-refractivity contribution in [3.05, 3.63) is 59.7 Å². The average Bonchev–Trinajstić information content (AvgIpc) is 3.10. The number of hydrogen-bond donors (Lipinski definition) is 3. The zero-order valence-electron chi connectivity index (χ0n) is 20.2. The predicted octanol–water partition coefficient (Wildman–Crippen LogP) is 4.56. The summed E-state index contributed by atoms with van der Waals surface area (Å²) in [4.78, 5) is 36.3. The van der Waals surface area contributed by atoms with E-state index in [0.717, 1.165) is 22.3 Å². The van der Waals surface area contributed by atoms with Gasteiger partial charge in [-0.25, -0.2) is 4.79 Å². The van der Waals surface area contributed by atoms with Crippen LogP contribution in [0.4, 0.5) is 4.79 Å². The molecule has 3 N–H and O–H groups in total. The van der Waals surface area contributed by atoms with Crippen LogP contribution in [0.2, 0.25) is 0 Å². The number of rotatable bonds is 10. The molecule has 0 fully saturated rings. The number of carboxylic acids is 1. The van der Waals surface area contributed by atoms with E-state index in [9.17, 15) is 14.4 Å². The predicted molar refractivity (Wildman–Crippen MR) is 130 cm³/mol. The quantitative estimate of drug-likeness (QED) is 0.476. The largest absolute Gasteiger partial charge is 0.481 e. The summed E-state index contributed by atoms with van der Waals surface area (Å²) < 4.78 is 5.61. The number of alkyl carbamates (subject to hydrolysis) is 1. The van der Waals surface area contributed by atoms with Crippen molar-refractivity contribution >= 4 is 18.0 Å². The molecule has 3 rings (SSSR count). The summed E-state index contributed by atoms with van der Waals surface area (Å²) in [5.41, 5.74) is 4.58. The Balaban J connectivity index is 1.59. The lowest BCUT2D eigenvalue weighted by Gasteiger charge is -2.25. The second-order valence-corrected chi connectivity index (χ2v) is 9.54. The van der Waals surface area contributed by atoms with Gasteiger partial charge in [0.25, 0.3) is 0 Å². The van der Waals surface area contributed by atoms with Crippen molar-refractivity contribution in [3.63, 3.8) is 0 Å². The molecule has 182 valence electrons. The summed E-state index contributed by atoms with van der Waals surface area (Å²) in [7, 11) is 0. The lowest BCUT2D eigenvalue weighted by atomic mass is 9.98. The SMILES string of the molecule is CC(C)C(CC(=O)O)NC(=O)CC(NC(=O)OCC1c2ccccc2-c2ccccc21)C(C)C. The molecule has 0 bridgehead atoms. The minimum Gasteiger partial charge on any atom is -0.481 e. The fraction of sp³-hybridized carbons (Fsp3) is 0.444. The van der Waals surface area contributed by atoms with Gasteiger partial charge < -0.3 is 20.5 Å². The van der Waals surface area contributed by atoms with Gasteiger partial charge in [0, 0.05) is 24.4 Å². The molecule has 0 spiro atoms. The van der Waals surface area contributed by atoms with Crippen LogP contribution < -0.4 is 10.6 Å². The highest BCUT2D eigenvalue weighted by Gasteiger charge is 2.30. The van der Waals surface area contributed by atoms with Crippen molar-refractivity contribution in [1.82, 2.24) is 10.6 Å². The molecule has 0 aliphatic heterocycles. The second kappa shape index (κ2) is 11.2. The molecule has 7 heteroatoms. The highest BCUT2D eigenvalue weighted by Crippen LogP contribution is 2.44. The fourth-order valence-electron chi connectivity index (χ4n) is 4.35. The average molecular weight is 467 g/mol. The molecule has 34 heavy (non-hydrogen) atoms. The Bertz CT molecular complexity index is 988. The number of carbonyl (C=O) groups is 3. The Morgan fingerprint density at radius 2 is 1.32 bits per heavy atom. The van der Waals surface area contributed by atoms with Gasteiger partial charge in [-0.2, -0.15) is 0 Å². The van der Waals surface area contributed by atoms with E-state index >= 15 is 0 Å². The first-order valence-electron chi connectivity index (χ1n) is 11.8. The smallest absolute Gasteiger partial charge is 0.407 e. The van der Waals surface area contributed by atoms with Crippen molar-refractivity contribution in [1.29, 1.82) is 0 Å². The van der Waals surface area contributed by atoms with Crippen LogP contribution in [0.3, 0.4) is 0 Å². The van der Waals surface area contributed by atoms with Crippen molar-refractivity contribution in [2.24, 2.45) is 11.8 Å². The molecule has 1 aliphatic carbocycles. The number of benzene rings is 2. The van der Waals surface area contributed by atoms with E-state index < -0.39 is 24.1 Å². The van der Waals surface area contributed by atoms with Crippen molar-refractivity contribution in [3.8, 4) is 11.1 Å². The fourth-order valence-corrected chi connectivity index (χ4v) is 4.35. The maximum absolute atomic E-state index is 12.7. The number of fused-ring (bicyclic) bond motifs is 3. The van der Waals surface area contributed by atoms with Gasteiger partial charge in [-0.15, -0.1) is 0 Å². The third kappa shape index (κ3) is 6.16. The lowest BCUT2D eigenvalue weighted by molar-refractivity contribution is -0.138. The van der Waals surface area contributed by atoms with Gasteiger partial charge in [-0.3, -0.25) is 9.59 Å². The molecule has 2 aromatic carbocycles. The lowest BCUT2D eigenvalue weighted by Crippen LogP contribution is -2.46. The summed E-state index contributed by atoms with van der Waals surface area (Å²) in [6.07, 6.45) is -0.667. The maximum atomic E-state index is 12.7. The van der Waals surface area contributed by atoms with Gasteiger partial charge in [-0.1, -0.05) is 76.2 Å². The molecule has 0 aromatic heterocycles. The van der Waals surface area contributed by atoms with Gasteiger partial charge in [0.05, 0.1) is 6.42 Å². The van der Waals surface area contributed by atoms with Crippen molar-refractivity contribution < 1.29 is 24.2 Å². The molecule has 0 saturated carbocycles. The van der Waals surface area contributed by atoms with Gasteiger partial charge in [-0.05, 0) is 34.1 Å². The Kier molecular flexibility index (Phi) is 8.31. The van der Waals surface area contributed by atoms with Crippen LogP contribution in [-0.2, 0) is 14.3 Å². The number of hydrogen-bond acceptors (Lipinski definition) is 4. The van der Waals surface area contributed by atoms with Crippen LogP contribution in [0.5, 0.6) is 0 Å². The third-order valence-electron chi connectivity index (χ3n) is 6.40. The van der Waals surface area contributed by atoms with E-state index in [1.54, 1.807) is 0 Å². The third-order valence-corrected chi connectivity index (χ3v) is 6.40. The van der Waals surface area contributed by atoms with E-state index in [2.05, 4.69) is 34.9 Å². The van der Waals surface area contributed by atoms with Gasteiger partial charge in [0.2, 0.25) is 5.91 Å². The molecular weight excluding hydrogens is 432 g/mol. The molecule has 0 heterocycles. The van der Waals surface area contributed by atoms with Crippen LogP contribution in [-0.4, -0.2) is 41.8 Å². The van der Waals surface area contributed by atoms with Crippen molar-refractivity contribution in [2.75, 3.05) is 6.61 Å². The second-order valence-electron chi connectivity index (χ2n) is 9.54. The number of carboxylic acid groups (broad SMARTS) is 1. The first kappa shape index (κ1) is 25.3. The van der Waals surface area contributed by atoms with E-state index in [1.165, 1.54) is 0 Å². The minimum absolute atomic E-state index is 0.0109. The highest BCUT2D eigenvalue weighted by atomic mass is 16.5. The summed E-state index contributed by atoms with van der Waals surface area (Å²) in [5, 5.41) is 14.7. The normalized spacial score (nSPS) is 14.3. The Morgan fingerprint density at radius 1 is 0.824 bits per heavy atom. The molecule has 7 nitrogen and oxygen atoms in total. The van der Waals surface area contributed by atoms with Gasteiger partial charge in [0.1, 0.15) is 6.61 Å².